The summed E-state index contributed by atoms with van der Waals surface area (Å²) < 4.78 is 7.39. The van der Waals surface area contributed by atoms with Gasteiger partial charge in [0.05, 0.1) is 30.1 Å². The van der Waals surface area contributed by atoms with Gasteiger partial charge in [-0.15, -0.1) is 0 Å². The summed E-state index contributed by atoms with van der Waals surface area (Å²) >= 11 is 0. The zero-order chi connectivity index (χ0) is 19.5. The molecule has 1 fully saturated rings. The van der Waals surface area contributed by atoms with Crippen molar-refractivity contribution < 1.29 is 4.74 Å². The minimum absolute atomic E-state index is 0.503. The maximum Gasteiger partial charge on any atom is 0.138 e. The summed E-state index contributed by atoms with van der Waals surface area (Å²) in [7, 11) is 2.01. The molecule has 0 saturated carbocycles. The van der Waals surface area contributed by atoms with Gasteiger partial charge in [0.15, 0.2) is 0 Å². The van der Waals surface area contributed by atoms with Crippen LogP contribution in [0.15, 0.2) is 36.8 Å². The Labute approximate surface area is 164 Å². The maximum absolute atomic E-state index is 9.47. The number of hydrogen-bond acceptors (Lipinski definition) is 6. The first-order chi connectivity index (χ1) is 13.7. The van der Waals surface area contributed by atoms with Gasteiger partial charge >= 0.3 is 0 Å². The van der Waals surface area contributed by atoms with Crippen molar-refractivity contribution in [2.24, 2.45) is 0 Å². The molecule has 4 heterocycles. The average Bonchev–Trinajstić information content (AvgIpc) is 3.17. The lowest BCUT2D eigenvalue weighted by atomic mass is 10.0. The van der Waals surface area contributed by atoms with E-state index < -0.39 is 0 Å². The fraction of sp³-hybridized carbons (Fsp3) is 0.381. The standard InChI is InChI=1S/C21H24N6O/c1-3-28-18-9-19(21-16(10-22)12-25-27(21)14-18)15-6-7-20(24-11-15)26-8-4-5-17(13-26)23-2/h6-7,9,11-12,14,17,23H,3-5,8,13H2,1-2H3. The molecule has 1 saturated heterocycles. The van der Waals surface area contributed by atoms with E-state index in [0.29, 0.717) is 18.2 Å². The fourth-order valence-electron chi connectivity index (χ4n) is 3.80. The van der Waals surface area contributed by atoms with E-state index in [0.717, 1.165) is 47.7 Å². The van der Waals surface area contributed by atoms with Gasteiger partial charge in [-0.25, -0.2) is 9.50 Å². The minimum Gasteiger partial charge on any atom is -0.492 e. The summed E-state index contributed by atoms with van der Waals surface area (Å²) in [5.41, 5.74) is 3.14. The van der Waals surface area contributed by atoms with Crippen LogP contribution in [0.2, 0.25) is 0 Å². The number of aromatic nitrogens is 3. The maximum atomic E-state index is 9.47. The van der Waals surface area contributed by atoms with Gasteiger partial charge in [-0.3, -0.25) is 0 Å². The van der Waals surface area contributed by atoms with Gasteiger partial charge in [-0.2, -0.15) is 10.4 Å². The van der Waals surface area contributed by atoms with Gasteiger partial charge in [-0.1, -0.05) is 0 Å². The summed E-state index contributed by atoms with van der Waals surface area (Å²) in [6.45, 7) is 4.50. The highest BCUT2D eigenvalue weighted by atomic mass is 16.5. The Balaban J connectivity index is 1.71. The topological polar surface area (TPSA) is 78.5 Å². The van der Waals surface area contributed by atoms with E-state index >= 15 is 0 Å². The molecule has 1 atom stereocenters. The van der Waals surface area contributed by atoms with Crippen LogP contribution in [0.25, 0.3) is 16.6 Å². The Kier molecular flexibility index (Phi) is 5.13. The average molecular weight is 376 g/mol. The van der Waals surface area contributed by atoms with E-state index in [-0.39, 0.29) is 0 Å². The quantitative estimate of drug-likeness (QED) is 0.738. The van der Waals surface area contributed by atoms with Crippen LogP contribution in [-0.2, 0) is 0 Å². The van der Waals surface area contributed by atoms with E-state index in [1.807, 2.05) is 26.2 Å². The van der Waals surface area contributed by atoms with Crippen LogP contribution in [-0.4, -0.2) is 47.4 Å². The molecule has 0 bridgehead atoms. The molecule has 1 unspecified atom stereocenters. The van der Waals surface area contributed by atoms with Crippen LogP contribution >= 0.6 is 0 Å². The Bertz CT molecular complexity index is 1000. The summed E-state index contributed by atoms with van der Waals surface area (Å²) in [5, 5.41) is 17.1. The molecule has 0 aliphatic carbocycles. The van der Waals surface area contributed by atoms with E-state index in [4.69, 9.17) is 9.72 Å². The van der Waals surface area contributed by atoms with Crippen molar-refractivity contribution in [2.45, 2.75) is 25.8 Å². The molecular weight excluding hydrogens is 352 g/mol. The lowest BCUT2D eigenvalue weighted by molar-refractivity contribution is 0.338. The van der Waals surface area contributed by atoms with Crippen LogP contribution in [0, 0.1) is 11.3 Å². The van der Waals surface area contributed by atoms with Gasteiger partial charge in [0.2, 0.25) is 0 Å². The highest BCUT2D eigenvalue weighted by Crippen LogP contribution is 2.31. The molecular formula is C21H24N6O. The molecule has 1 aliphatic heterocycles. The summed E-state index contributed by atoms with van der Waals surface area (Å²) in [4.78, 5) is 7.03. The van der Waals surface area contributed by atoms with Crippen molar-refractivity contribution in [1.82, 2.24) is 19.9 Å². The van der Waals surface area contributed by atoms with Gasteiger partial charge < -0.3 is 15.0 Å². The SMILES string of the molecule is CCOc1cc(-c2ccc(N3CCCC(NC)C3)nc2)c2c(C#N)cnn2c1. The number of nitrogens with one attached hydrogen (secondary N) is 1. The number of nitriles is 1. The van der Waals surface area contributed by atoms with Crippen LogP contribution < -0.4 is 15.0 Å². The van der Waals surface area contributed by atoms with Gasteiger partial charge in [0.25, 0.3) is 0 Å². The number of nitrogens with zero attached hydrogens (tertiary/aromatic N) is 5. The molecule has 1 aliphatic rings. The van der Waals surface area contributed by atoms with Gasteiger partial charge in [-0.05, 0) is 45.0 Å². The second-order valence-corrected chi connectivity index (χ2v) is 6.96. The summed E-state index contributed by atoms with van der Waals surface area (Å²) in [5.74, 6) is 1.70. The van der Waals surface area contributed by atoms with Crippen LogP contribution in [0.5, 0.6) is 5.75 Å². The lowest BCUT2D eigenvalue weighted by Crippen LogP contribution is -2.44. The molecule has 0 radical (unpaired) electrons. The van der Waals surface area contributed by atoms with E-state index in [2.05, 4.69) is 33.5 Å². The number of ether oxygens (including phenoxy) is 1. The first kappa shape index (κ1) is 18.3. The van der Waals surface area contributed by atoms with Crippen molar-refractivity contribution in [3.05, 3.63) is 42.4 Å². The minimum atomic E-state index is 0.503. The molecule has 28 heavy (non-hydrogen) atoms. The molecule has 3 aromatic rings. The van der Waals surface area contributed by atoms with Crippen LogP contribution in [0.3, 0.4) is 0 Å². The molecule has 144 valence electrons. The Morgan fingerprint density at radius 3 is 2.96 bits per heavy atom. The number of piperidine rings is 1. The molecule has 0 spiro atoms. The molecule has 1 N–H and O–H groups in total. The highest BCUT2D eigenvalue weighted by Gasteiger charge is 2.20. The van der Waals surface area contributed by atoms with Crippen LogP contribution in [0.1, 0.15) is 25.3 Å². The van der Waals surface area contributed by atoms with E-state index in [9.17, 15) is 5.26 Å². The Morgan fingerprint density at radius 1 is 1.36 bits per heavy atom. The Hall–Kier alpha value is -3.11. The highest BCUT2D eigenvalue weighted by molar-refractivity contribution is 5.85. The third kappa shape index (κ3) is 3.39. The third-order valence-corrected chi connectivity index (χ3v) is 5.23. The first-order valence-electron chi connectivity index (χ1n) is 9.66. The molecule has 4 rings (SSSR count). The number of anilines is 1. The number of rotatable bonds is 5. The van der Waals surface area contributed by atoms with E-state index in [1.54, 1.807) is 16.9 Å². The summed E-state index contributed by atoms with van der Waals surface area (Å²) in [6, 6.07) is 8.80. The number of fused-ring (bicyclic) bond motifs is 1. The monoisotopic (exact) mass is 376 g/mol. The first-order valence-corrected chi connectivity index (χ1v) is 9.66. The van der Waals surface area contributed by atoms with Crippen molar-refractivity contribution in [3.63, 3.8) is 0 Å². The zero-order valence-corrected chi connectivity index (χ0v) is 16.2. The molecule has 0 amide bonds. The number of hydrogen-bond donors (Lipinski definition) is 1. The van der Waals surface area contributed by atoms with Gasteiger partial charge in [0.1, 0.15) is 17.6 Å². The largest absolute Gasteiger partial charge is 0.492 e. The molecule has 0 aromatic carbocycles. The van der Waals surface area contributed by atoms with Crippen LogP contribution in [0.4, 0.5) is 5.82 Å². The predicted molar refractivity (Wildman–Crippen MR) is 109 cm³/mol. The van der Waals surface area contributed by atoms with Gasteiger partial charge in [0, 0.05) is 36.5 Å². The number of likely N-dealkylation sites (N-methyl/N-ethyl adjacent to an activating group) is 1. The van der Waals surface area contributed by atoms with E-state index in [1.165, 1.54) is 6.42 Å². The predicted octanol–water partition coefficient (Wildman–Crippen LogP) is 2.85. The zero-order valence-electron chi connectivity index (χ0n) is 16.2. The van der Waals surface area contributed by atoms with Crippen molar-refractivity contribution in [3.8, 4) is 22.9 Å². The van der Waals surface area contributed by atoms with Crippen molar-refractivity contribution in [1.29, 1.82) is 5.26 Å². The Morgan fingerprint density at radius 2 is 2.25 bits per heavy atom. The number of pyridine rings is 2. The van der Waals surface area contributed by atoms with Crippen molar-refractivity contribution >= 4 is 11.3 Å². The lowest BCUT2D eigenvalue weighted by Gasteiger charge is -2.33. The third-order valence-electron chi connectivity index (χ3n) is 5.23. The molecule has 3 aromatic heterocycles. The normalized spacial score (nSPS) is 16.9. The summed E-state index contributed by atoms with van der Waals surface area (Å²) in [6.07, 6.45) is 7.62. The molecule has 7 nitrogen and oxygen atoms in total. The smallest absolute Gasteiger partial charge is 0.138 e. The van der Waals surface area contributed by atoms with Crippen molar-refractivity contribution in [2.75, 3.05) is 31.6 Å². The molecule has 7 heteroatoms. The second-order valence-electron chi connectivity index (χ2n) is 6.96. The fourth-order valence-corrected chi connectivity index (χ4v) is 3.80. The second kappa shape index (κ2) is 7.87.